The number of para-hydroxylation sites is 1. The van der Waals surface area contributed by atoms with Crippen LogP contribution in [0, 0.1) is 6.92 Å². The first kappa shape index (κ1) is 19.9. The lowest BCUT2D eigenvalue weighted by atomic mass is 10.2. The van der Waals surface area contributed by atoms with E-state index in [9.17, 15) is 13.2 Å². The first-order valence-electron chi connectivity index (χ1n) is 8.47. The van der Waals surface area contributed by atoms with E-state index in [4.69, 9.17) is 4.74 Å². The smallest absolute Gasteiger partial charge is 0.262 e. The van der Waals surface area contributed by atoms with E-state index in [1.165, 1.54) is 16.4 Å². The van der Waals surface area contributed by atoms with Crippen molar-refractivity contribution in [1.29, 1.82) is 0 Å². The van der Waals surface area contributed by atoms with Crippen LogP contribution in [0.15, 0.2) is 53.4 Å². The molecule has 0 bridgehead atoms. The third-order valence-corrected chi connectivity index (χ3v) is 5.96. The van der Waals surface area contributed by atoms with Crippen LogP contribution in [0.2, 0.25) is 0 Å². The third-order valence-electron chi connectivity index (χ3n) is 3.91. The molecule has 0 aliphatic rings. The first-order chi connectivity index (χ1) is 12.4. The maximum Gasteiger partial charge on any atom is 0.262 e. The Bertz CT molecular complexity index is 861. The predicted octanol–water partition coefficient (Wildman–Crippen LogP) is 3.04. The highest BCUT2D eigenvalue weighted by atomic mass is 32.2. The van der Waals surface area contributed by atoms with Crippen LogP contribution in [0.25, 0.3) is 0 Å². The summed E-state index contributed by atoms with van der Waals surface area (Å²) >= 11 is 0. The van der Waals surface area contributed by atoms with E-state index in [0.29, 0.717) is 24.5 Å². The van der Waals surface area contributed by atoms with Crippen LogP contribution in [0.1, 0.15) is 19.4 Å². The van der Waals surface area contributed by atoms with Gasteiger partial charge in [0.05, 0.1) is 4.90 Å². The molecule has 2 rings (SSSR count). The summed E-state index contributed by atoms with van der Waals surface area (Å²) in [7, 11) is -3.57. The van der Waals surface area contributed by atoms with Crippen molar-refractivity contribution in [3.05, 3.63) is 54.1 Å². The minimum Gasteiger partial charge on any atom is -0.483 e. The fraction of sp³-hybridized carbons (Fsp3) is 0.316. The number of amides is 1. The highest BCUT2D eigenvalue weighted by Crippen LogP contribution is 2.20. The molecule has 26 heavy (non-hydrogen) atoms. The molecule has 2 aromatic rings. The number of anilines is 1. The van der Waals surface area contributed by atoms with Crippen molar-refractivity contribution < 1.29 is 17.9 Å². The molecule has 2 aromatic carbocycles. The molecule has 0 saturated carbocycles. The Kier molecular flexibility index (Phi) is 6.76. The standard InChI is InChI=1S/C19H24N2O4S/c1-4-21(5-2)26(23,24)17-11-8-10-16(13-17)20-19(22)14-25-18-12-7-6-9-15(18)3/h6-13H,4-5,14H2,1-3H3,(H,20,22). The van der Waals surface area contributed by atoms with Crippen LogP contribution < -0.4 is 10.1 Å². The second kappa shape index (κ2) is 8.82. The van der Waals surface area contributed by atoms with Gasteiger partial charge >= 0.3 is 0 Å². The molecule has 0 saturated heterocycles. The summed E-state index contributed by atoms with van der Waals surface area (Å²) in [6, 6.07) is 13.6. The minimum absolute atomic E-state index is 0.152. The van der Waals surface area contributed by atoms with Gasteiger partial charge in [0.1, 0.15) is 5.75 Å². The van der Waals surface area contributed by atoms with Gasteiger partial charge in [-0.25, -0.2) is 8.42 Å². The highest BCUT2D eigenvalue weighted by molar-refractivity contribution is 7.89. The van der Waals surface area contributed by atoms with E-state index in [1.807, 2.05) is 25.1 Å². The molecule has 1 N–H and O–H groups in total. The Balaban J connectivity index is 2.06. The molecule has 0 spiro atoms. The van der Waals surface area contributed by atoms with E-state index >= 15 is 0 Å². The predicted molar refractivity (Wildman–Crippen MR) is 102 cm³/mol. The van der Waals surface area contributed by atoms with Crippen molar-refractivity contribution in [2.45, 2.75) is 25.7 Å². The Hall–Kier alpha value is -2.38. The zero-order chi connectivity index (χ0) is 19.2. The number of carbonyl (C=O) groups is 1. The number of rotatable bonds is 8. The molecule has 140 valence electrons. The Morgan fingerprint density at radius 1 is 1.08 bits per heavy atom. The summed E-state index contributed by atoms with van der Waals surface area (Å²) in [5.74, 6) is 0.283. The van der Waals surface area contributed by atoms with E-state index in [-0.39, 0.29) is 17.4 Å². The number of sulfonamides is 1. The van der Waals surface area contributed by atoms with Crippen LogP contribution in [-0.2, 0) is 14.8 Å². The zero-order valence-electron chi connectivity index (χ0n) is 15.2. The Morgan fingerprint density at radius 2 is 1.77 bits per heavy atom. The third kappa shape index (κ3) is 4.83. The van der Waals surface area contributed by atoms with E-state index in [0.717, 1.165) is 5.56 Å². The molecule has 0 aliphatic heterocycles. The molecule has 1 amide bonds. The van der Waals surface area contributed by atoms with Gasteiger partial charge in [-0.2, -0.15) is 4.31 Å². The number of carbonyl (C=O) groups excluding carboxylic acids is 1. The summed E-state index contributed by atoms with van der Waals surface area (Å²) in [5.41, 5.74) is 1.35. The summed E-state index contributed by atoms with van der Waals surface area (Å²) < 4.78 is 32.0. The summed E-state index contributed by atoms with van der Waals surface area (Å²) in [4.78, 5) is 12.3. The largest absolute Gasteiger partial charge is 0.483 e. The van der Waals surface area contributed by atoms with Crippen molar-refractivity contribution in [1.82, 2.24) is 4.31 Å². The van der Waals surface area contributed by atoms with Gasteiger partial charge in [0, 0.05) is 18.8 Å². The van der Waals surface area contributed by atoms with Crippen molar-refractivity contribution in [2.24, 2.45) is 0 Å². The van der Waals surface area contributed by atoms with E-state index in [1.54, 1.807) is 32.0 Å². The van der Waals surface area contributed by atoms with E-state index in [2.05, 4.69) is 5.32 Å². The van der Waals surface area contributed by atoms with Crippen molar-refractivity contribution in [3.63, 3.8) is 0 Å². The Morgan fingerprint density at radius 3 is 2.42 bits per heavy atom. The topological polar surface area (TPSA) is 75.7 Å². The maximum atomic E-state index is 12.6. The van der Waals surface area contributed by atoms with Crippen LogP contribution in [-0.4, -0.2) is 38.3 Å². The average Bonchev–Trinajstić information content (AvgIpc) is 2.62. The molecule has 0 radical (unpaired) electrons. The van der Waals surface area contributed by atoms with Crippen LogP contribution in [0.5, 0.6) is 5.75 Å². The van der Waals surface area contributed by atoms with Gasteiger partial charge in [0.2, 0.25) is 10.0 Å². The second-order valence-electron chi connectivity index (χ2n) is 5.72. The van der Waals surface area contributed by atoms with Gasteiger partial charge in [-0.3, -0.25) is 4.79 Å². The number of nitrogens with one attached hydrogen (secondary N) is 1. The zero-order valence-corrected chi connectivity index (χ0v) is 16.0. The van der Waals surface area contributed by atoms with Crippen LogP contribution in [0.4, 0.5) is 5.69 Å². The molecule has 0 aromatic heterocycles. The number of hydrogen-bond acceptors (Lipinski definition) is 4. The SMILES string of the molecule is CCN(CC)S(=O)(=O)c1cccc(NC(=O)COc2ccccc2C)c1. The van der Waals surface area contributed by atoms with Crippen LogP contribution in [0.3, 0.4) is 0 Å². The highest BCUT2D eigenvalue weighted by Gasteiger charge is 2.21. The molecular weight excluding hydrogens is 352 g/mol. The van der Waals surface area contributed by atoms with Crippen molar-refractivity contribution >= 4 is 21.6 Å². The average molecular weight is 376 g/mol. The number of ether oxygens (including phenoxy) is 1. The molecule has 0 atom stereocenters. The number of nitrogens with zero attached hydrogens (tertiary/aromatic N) is 1. The number of aryl methyl sites for hydroxylation is 1. The van der Waals surface area contributed by atoms with Crippen molar-refractivity contribution in [3.8, 4) is 5.75 Å². The van der Waals surface area contributed by atoms with Gasteiger partial charge in [0.15, 0.2) is 6.61 Å². The maximum absolute atomic E-state index is 12.6. The minimum atomic E-state index is -3.57. The molecule has 0 aliphatic carbocycles. The van der Waals surface area contributed by atoms with Gasteiger partial charge in [-0.1, -0.05) is 38.1 Å². The molecule has 7 heteroatoms. The quantitative estimate of drug-likeness (QED) is 0.768. The summed E-state index contributed by atoms with van der Waals surface area (Å²) in [6.07, 6.45) is 0. The van der Waals surface area contributed by atoms with E-state index < -0.39 is 10.0 Å². The Labute approximate surface area is 154 Å². The fourth-order valence-corrected chi connectivity index (χ4v) is 4.01. The molecule has 6 nitrogen and oxygen atoms in total. The monoisotopic (exact) mass is 376 g/mol. The van der Waals surface area contributed by atoms with Crippen molar-refractivity contribution in [2.75, 3.05) is 25.0 Å². The second-order valence-corrected chi connectivity index (χ2v) is 7.66. The summed E-state index contributed by atoms with van der Waals surface area (Å²) in [5, 5.41) is 2.67. The normalized spacial score (nSPS) is 11.4. The van der Waals surface area contributed by atoms with Gasteiger partial charge in [0.25, 0.3) is 5.91 Å². The fourth-order valence-electron chi connectivity index (χ4n) is 2.51. The number of hydrogen-bond donors (Lipinski definition) is 1. The lowest BCUT2D eigenvalue weighted by Crippen LogP contribution is -2.30. The lowest BCUT2D eigenvalue weighted by molar-refractivity contribution is -0.118. The molecule has 0 fully saturated rings. The van der Waals surface area contributed by atoms with Gasteiger partial charge < -0.3 is 10.1 Å². The molecule has 0 heterocycles. The lowest BCUT2D eigenvalue weighted by Gasteiger charge is -2.18. The first-order valence-corrected chi connectivity index (χ1v) is 9.91. The summed E-state index contributed by atoms with van der Waals surface area (Å²) in [6.45, 7) is 6.09. The van der Waals surface area contributed by atoms with Gasteiger partial charge in [-0.15, -0.1) is 0 Å². The van der Waals surface area contributed by atoms with Crippen LogP contribution >= 0.6 is 0 Å². The molecular formula is C19H24N2O4S. The van der Waals surface area contributed by atoms with Gasteiger partial charge in [-0.05, 0) is 36.8 Å². The molecule has 0 unspecified atom stereocenters. The number of benzene rings is 2.